The molecule has 0 radical (unpaired) electrons. The van der Waals surface area contributed by atoms with E-state index >= 15 is 0 Å². The van der Waals surface area contributed by atoms with Gasteiger partial charge < -0.3 is 9.64 Å². The zero-order valence-electron chi connectivity index (χ0n) is 10.9. The summed E-state index contributed by atoms with van der Waals surface area (Å²) in [5.41, 5.74) is 0. The normalized spacial score (nSPS) is 17.4. The first kappa shape index (κ1) is 15.9. The van der Waals surface area contributed by atoms with Crippen molar-refractivity contribution in [2.45, 2.75) is 4.21 Å². The lowest BCUT2D eigenvalue weighted by Gasteiger charge is -2.33. The molecule has 0 atom stereocenters. The molecule has 1 aromatic heterocycles. The summed E-state index contributed by atoms with van der Waals surface area (Å²) in [4.78, 5) is 13.3. The molecule has 0 saturated carbocycles. The zero-order chi connectivity index (χ0) is 14.8. The van der Waals surface area contributed by atoms with Gasteiger partial charge in [0.2, 0.25) is 5.91 Å². The Morgan fingerprint density at radius 3 is 2.50 bits per heavy atom. The minimum absolute atomic E-state index is 0.0324. The zero-order valence-corrected chi connectivity index (χ0v) is 14.1. The van der Waals surface area contributed by atoms with E-state index in [1.165, 1.54) is 22.8 Å². The van der Waals surface area contributed by atoms with Gasteiger partial charge >= 0.3 is 0 Å². The lowest BCUT2D eigenvalue weighted by atomic mass is 10.3. The van der Waals surface area contributed by atoms with Gasteiger partial charge in [-0.25, -0.2) is 8.42 Å². The van der Waals surface area contributed by atoms with E-state index in [4.69, 9.17) is 4.74 Å². The molecule has 2 heterocycles. The molecule has 1 saturated heterocycles. The third-order valence-corrected chi connectivity index (χ3v) is 6.99. The average molecular weight is 383 g/mol. The minimum atomic E-state index is -3.45. The third kappa shape index (κ3) is 3.40. The van der Waals surface area contributed by atoms with Gasteiger partial charge in [0.1, 0.15) is 10.8 Å². The Bertz CT molecular complexity index is 579. The molecular weight excluding hydrogens is 368 g/mol. The molecule has 0 unspecified atom stereocenters. The molecule has 0 aromatic carbocycles. The topological polar surface area (TPSA) is 66.9 Å². The van der Waals surface area contributed by atoms with Crippen molar-refractivity contribution in [2.24, 2.45) is 0 Å². The molecule has 0 spiro atoms. The maximum Gasteiger partial charge on any atom is 0.252 e. The van der Waals surface area contributed by atoms with Crippen LogP contribution in [0, 0.1) is 0 Å². The van der Waals surface area contributed by atoms with Crippen LogP contribution in [0.5, 0.6) is 0 Å². The molecule has 20 heavy (non-hydrogen) atoms. The SMILES string of the molecule is COCC(=O)N1CCN(S(=O)(=O)c2ccc(Br)s2)CC1. The molecule has 1 aromatic rings. The van der Waals surface area contributed by atoms with Crippen LogP contribution >= 0.6 is 27.3 Å². The Labute approximate surface area is 130 Å². The van der Waals surface area contributed by atoms with Crippen LogP contribution in [0.1, 0.15) is 0 Å². The van der Waals surface area contributed by atoms with Crippen LogP contribution in [-0.4, -0.2) is 63.4 Å². The maximum atomic E-state index is 12.4. The fourth-order valence-electron chi connectivity index (χ4n) is 1.96. The van der Waals surface area contributed by atoms with Crippen LogP contribution in [0.2, 0.25) is 0 Å². The summed E-state index contributed by atoms with van der Waals surface area (Å²) < 4.78 is 32.1. The van der Waals surface area contributed by atoms with Gasteiger partial charge in [-0.1, -0.05) is 0 Å². The van der Waals surface area contributed by atoms with Crippen LogP contribution < -0.4 is 0 Å². The average Bonchev–Trinajstić information content (AvgIpc) is 2.86. The largest absolute Gasteiger partial charge is 0.375 e. The highest BCUT2D eigenvalue weighted by Gasteiger charge is 2.30. The minimum Gasteiger partial charge on any atom is -0.375 e. The monoisotopic (exact) mass is 382 g/mol. The molecule has 9 heteroatoms. The fraction of sp³-hybridized carbons (Fsp3) is 0.545. The number of hydrogen-bond acceptors (Lipinski definition) is 5. The number of rotatable bonds is 4. The van der Waals surface area contributed by atoms with Gasteiger partial charge in [-0.2, -0.15) is 4.31 Å². The van der Waals surface area contributed by atoms with Crippen LogP contribution in [-0.2, 0) is 19.6 Å². The van der Waals surface area contributed by atoms with Crippen molar-refractivity contribution in [1.82, 2.24) is 9.21 Å². The smallest absolute Gasteiger partial charge is 0.252 e. The van der Waals surface area contributed by atoms with Crippen molar-refractivity contribution < 1.29 is 17.9 Å². The number of sulfonamides is 1. The van der Waals surface area contributed by atoms with Crippen molar-refractivity contribution in [3.63, 3.8) is 0 Å². The molecule has 2 rings (SSSR count). The summed E-state index contributed by atoms with van der Waals surface area (Å²) >= 11 is 4.45. The molecule has 0 N–H and O–H groups in total. The molecule has 1 amide bonds. The second-order valence-corrected chi connectivity index (χ2v) is 8.90. The van der Waals surface area contributed by atoms with Crippen LogP contribution in [0.4, 0.5) is 0 Å². The molecule has 0 aliphatic carbocycles. The Balaban J connectivity index is 2.02. The van der Waals surface area contributed by atoms with E-state index in [9.17, 15) is 13.2 Å². The number of hydrogen-bond donors (Lipinski definition) is 0. The summed E-state index contributed by atoms with van der Waals surface area (Å²) in [6, 6.07) is 3.31. The van der Waals surface area contributed by atoms with E-state index in [1.807, 2.05) is 0 Å². The Morgan fingerprint density at radius 2 is 2.00 bits per heavy atom. The quantitative estimate of drug-likeness (QED) is 0.778. The molecule has 1 fully saturated rings. The predicted octanol–water partition coefficient (Wildman–Crippen LogP) is 0.990. The Morgan fingerprint density at radius 1 is 1.35 bits per heavy atom. The van der Waals surface area contributed by atoms with Crippen molar-refractivity contribution >= 4 is 43.2 Å². The molecule has 6 nitrogen and oxygen atoms in total. The van der Waals surface area contributed by atoms with Gasteiger partial charge in [-0.15, -0.1) is 11.3 Å². The van der Waals surface area contributed by atoms with Gasteiger partial charge in [-0.3, -0.25) is 4.79 Å². The van der Waals surface area contributed by atoms with Gasteiger partial charge in [0, 0.05) is 33.3 Å². The number of nitrogens with zero attached hydrogens (tertiary/aromatic N) is 2. The van der Waals surface area contributed by atoms with Crippen molar-refractivity contribution in [2.75, 3.05) is 39.9 Å². The summed E-state index contributed by atoms with van der Waals surface area (Å²) in [5.74, 6) is -0.108. The van der Waals surface area contributed by atoms with Crippen molar-refractivity contribution in [3.05, 3.63) is 15.9 Å². The number of amides is 1. The number of methoxy groups -OCH3 is 1. The molecule has 1 aliphatic rings. The predicted molar refractivity (Wildman–Crippen MR) is 79.2 cm³/mol. The van der Waals surface area contributed by atoms with Gasteiger partial charge in [-0.05, 0) is 28.1 Å². The van der Waals surface area contributed by atoms with Gasteiger partial charge in [0.25, 0.3) is 10.0 Å². The Hall–Kier alpha value is -0.480. The standard InChI is InChI=1S/C11H15BrN2O4S2/c1-18-8-10(15)13-4-6-14(7-5-13)20(16,17)11-3-2-9(12)19-11/h2-3H,4-8H2,1H3. The number of ether oxygens (including phenoxy) is 1. The lowest BCUT2D eigenvalue weighted by Crippen LogP contribution is -2.51. The second-order valence-electron chi connectivity index (χ2n) is 4.28. The van der Waals surface area contributed by atoms with Crippen molar-refractivity contribution in [3.8, 4) is 0 Å². The molecular formula is C11H15BrN2O4S2. The van der Waals surface area contributed by atoms with E-state index < -0.39 is 10.0 Å². The number of carbonyl (C=O) groups is 1. The summed E-state index contributed by atoms with van der Waals surface area (Å²) in [7, 11) is -1.98. The highest BCUT2D eigenvalue weighted by Crippen LogP contribution is 2.28. The van der Waals surface area contributed by atoms with E-state index in [0.717, 1.165) is 3.79 Å². The third-order valence-electron chi connectivity index (χ3n) is 3.00. The lowest BCUT2D eigenvalue weighted by molar-refractivity contribution is -0.136. The first-order valence-corrected chi connectivity index (χ1v) is 9.02. The first-order chi connectivity index (χ1) is 9.45. The molecule has 1 aliphatic heterocycles. The number of thiophene rings is 1. The van der Waals surface area contributed by atoms with Crippen LogP contribution in [0.25, 0.3) is 0 Å². The number of halogens is 1. The molecule has 0 bridgehead atoms. The summed E-state index contributed by atoms with van der Waals surface area (Å²) in [6.07, 6.45) is 0. The summed E-state index contributed by atoms with van der Waals surface area (Å²) in [6.45, 7) is 1.45. The summed E-state index contributed by atoms with van der Waals surface area (Å²) in [5, 5.41) is 0. The van der Waals surface area contributed by atoms with E-state index in [-0.39, 0.29) is 12.5 Å². The van der Waals surface area contributed by atoms with Gasteiger partial charge in [0.05, 0.1) is 3.79 Å². The van der Waals surface area contributed by atoms with Crippen molar-refractivity contribution in [1.29, 1.82) is 0 Å². The van der Waals surface area contributed by atoms with E-state index in [1.54, 1.807) is 17.0 Å². The van der Waals surface area contributed by atoms with Gasteiger partial charge in [0.15, 0.2) is 0 Å². The van der Waals surface area contributed by atoms with Crippen LogP contribution in [0.15, 0.2) is 20.1 Å². The number of carbonyl (C=O) groups excluding carboxylic acids is 1. The maximum absolute atomic E-state index is 12.4. The molecule has 112 valence electrons. The first-order valence-electron chi connectivity index (χ1n) is 5.97. The Kier molecular flexibility index (Phi) is 5.19. The fourth-order valence-corrected chi connectivity index (χ4v) is 5.54. The van der Waals surface area contributed by atoms with E-state index in [0.29, 0.717) is 30.4 Å². The van der Waals surface area contributed by atoms with E-state index in [2.05, 4.69) is 15.9 Å². The highest BCUT2D eigenvalue weighted by molar-refractivity contribution is 9.11. The highest BCUT2D eigenvalue weighted by atomic mass is 79.9. The second kappa shape index (κ2) is 6.52. The van der Waals surface area contributed by atoms with Crippen LogP contribution in [0.3, 0.4) is 0 Å². The number of piperazine rings is 1.